The van der Waals surface area contributed by atoms with Crippen LogP contribution in [0.5, 0.6) is 0 Å². The van der Waals surface area contributed by atoms with E-state index in [0.29, 0.717) is 6.54 Å². The van der Waals surface area contributed by atoms with Gasteiger partial charge in [0, 0.05) is 22.8 Å². The molecule has 0 aliphatic heterocycles. The number of rotatable bonds is 2. The molecule has 0 aliphatic rings. The van der Waals surface area contributed by atoms with Gasteiger partial charge in [0.25, 0.3) is 0 Å². The number of aryl methyl sites for hydroxylation is 1. The van der Waals surface area contributed by atoms with Crippen molar-refractivity contribution in [3.63, 3.8) is 0 Å². The molecular weight excluding hydrogens is 302 g/mol. The molecule has 0 atom stereocenters. The topological polar surface area (TPSA) is 43.3 Å². The molecule has 3 nitrogen and oxygen atoms in total. The van der Waals surface area contributed by atoms with E-state index in [1.807, 2.05) is 18.3 Å². The zero-order valence-electron chi connectivity index (χ0n) is 10.6. The molecule has 4 heteroatoms. The van der Waals surface area contributed by atoms with Crippen LogP contribution in [0.2, 0.25) is 0 Å². The lowest BCUT2D eigenvalue weighted by Gasteiger charge is -2.02. The Morgan fingerprint density at radius 2 is 1.95 bits per heavy atom. The summed E-state index contributed by atoms with van der Waals surface area (Å²) in [5, 5.41) is 0. The number of imidazole rings is 1. The van der Waals surface area contributed by atoms with Gasteiger partial charge in [0.05, 0.1) is 11.4 Å². The molecule has 0 bridgehead atoms. The van der Waals surface area contributed by atoms with E-state index in [0.717, 1.165) is 27.1 Å². The minimum absolute atomic E-state index is 0.468. The first-order chi connectivity index (χ1) is 9.19. The molecule has 2 aromatic heterocycles. The Labute approximate surface area is 120 Å². The Balaban J connectivity index is 2.25. The van der Waals surface area contributed by atoms with Gasteiger partial charge < -0.3 is 10.1 Å². The van der Waals surface area contributed by atoms with E-state index >= 15 is 0 Å². The van der Waals surface area contributed by atoms with Crippen LogP contribution >= 0.6 is 15.9 Å². The number of pyridine rings is 1. The highest BCUT2D eigenvalue weighted by molar-refractivity contribution is 9.10. The summed E-state index contributed by atoms with van der Waals surface area (Å²) in [6.07, 6.45) is 2.03. The quantitative estimate of drug-likeness (QED) is 0.786. The Kier molecular flexibility index (Phi) is 3.12. The first-order valence-electron chi connectivity index (χ1n) is 6.12. The standard InChI is InChI=1S/C15H14BrN3/c1-10-6-7-19-13(9-17)15(18-14(19)8-10)11-2-4-12(16)5-3-11/h2-8H,9,17H2,1H3. The fraction of sp³-hybridized carbons (Fsp3) is 0.133. The van der Waals surface area contributed by atoms with Crippen molar-refractivity contribution in [1.82, 2.24) is 9.38 Å². The molecule has 0 fully saturated rings. The van der Waals surface area contributed by atoms with Gasteiger partial charge in [-0.25, -0.2) is 4.98 Å². The zero-order valence-corrected chi connectivity index (χ0v) is 12.2. The van der Waals surface area contributed by atoms with Crippen molar-refractivity contribution in [2.45, 2.75) is 13.5 Å². The van der Waals surface area contributed by atoms with Gasteiger partial charge in [-0.3, -0.25) is 0 Å². The molecule has 1 aromatic carbocycles. The molecule has 0 aliphatic carbocycles. The van der Waals surface area contributed by atoms with E-state index < -0.39 is 0 Å². The third-order valence-corrected chi connectivity index (χ3v) is 3.72. The van der Waals surface area contributed by atoms with Gasteiger partial charge in [-0.1, -0.05) is 28.1 Å². The Bertz CT molecular complexity index is 729. The van der Waals surface area contributed by atoms with Crippen molar-refractivity contribution in [3.8, 4) is 11.3 Å². The second-order valence-electron chi connectivity index (χ2n) is 4.55. The molecule has 3 aromatic rings. The summed E-state index contributed by atoms with van der Waals surface area (Å²) in [7, 11) is 0. The minimum atomic E-state index is 0.468. The predicted octanol–water partition coefficient (Wildman–Crippen LogP) is 3.53. The van der Waals surface area contributed by atoms with Gasteiger partial charge in [0.1, 0.15) is 5.65 Å². The van der Waals surface area contributed by atoms with Crippen LogP contribution < -0.4 is 5.73 Å². The van der Waals surface area contributed by atoms with Crippen LogP contribution in [0.15, 0.2) is 47.1 Å². The molecule has 0 saturated heterocycles. The highest BCUT2D eigenvalue weighted by Crippen LogP contribution is 2.26. The maximum atomic E-state index is 5.90. The number of fused-ring (bicyclic) bond motifs is 1. The van der Waals surface area contributed by atoms with Crippen LogP contribution in [0.1, 0.15) is 11.3 Å². The Hall–Kier alpha value is -1.65. The summed E-state index contributed by atoms with van der Waals surface area (Å²) in [6.45, 7) is 2.53. The van der Waals surface area contributed by atoms with Crippen LogP contribution in [-0.4, -0.2) is 9.38 Å². The normalized spacial score (nSPS) is 11.1. The number of benzene rings is 1. The molecule has 0 unspecified atom stereocenters. The second kappa shape index (κ2) is 4.79. The zero-order chi connectivity index (χ0) is 13.4. The molecule has 0 saturated carbocycles. The van der Waals surface area contributed by atoms with Crippen LogP contribution in [0.3, 0.4) is 0 Å². The molecular formula is C15H14BrN3. The van der Waals surface area contributed by atoms with Gasteiger partial charge in [-0.15, -0.1) is 0 Å². The van der Waals surface area contributed by atoms with Gasteiger partial charge in [-0.2, -0.15) is 0 Å². The van der Waals surface area contributed by atoms with E-state index in [4.69, 9.17) is 10.7 Å². The number of nitrogens with zero attached hydrogens (tertiary/aromatic N) is 2. The van der Waals surface area contributed by atoms with Gasteiger partial charge in [-0.05, 0) is 36.8 Å². The first-order valence-corrected chi connectivity index (χ1v) is 6.92. The summed E-state index contributed by atoms with van der Waals surface area (Å²) < 4.78 is 3.12. The number of aromatic nitrogens is 2. The average molecular weight is 316 g/mol. The van der Waals surface area contributed by atoms with E-state index in [-0.39, 0.29) is 0 Å². The van der Waals surface area contributed by atoms with E-state index in [1.54, 1.807) is 0 Å². The molecule has 96 valence electrons. The molecule has 2 N–H and O–H groups in total. The van der Waals surface area contributed by atoms with Gasteiger partial charge in [0.2, 0.25) is 0 Å². The van der Waals surface area contributed by atoms with Crippen LogP contribution in [-0.2, 0) is 6.54 Å². The van der Waals surface area contributed by atoms with Crippen molar-refractivity contribution in [1.29, 1.82) is 0 Å². The molecule has 0 spiro atoms. The van der Waals surface area contributed by atoms with E-state index in [1.165, 1.54) is 5.56 Å². The SMILES string of the molecule is Cc1ccn2c(CN)c(-c3ccc(Br)cc3)nc2c1. The summed E-state index contributed by atoms with van der Waals surface area (Å²) in [5.74, 6) is 0. The van der Waals surface area contributed by atoms with Gasteiger partial charge >= 0.3 is 0 Å². The molecule has 0 amide bonds. The maximum Gasteiger partial charge on any atom is 0.137 e. The molecule has 0 radical (unpaired) electrons. The van der Waals surface area contributed by atoms with Crippen molar-refractivity contribution >= 4 is 21.6 Å². The maximum absolute atomic E-state index is 5.90. The number of nitrogens with two attached hydrogens (primary N) is 1. The summed E-state index contributed by atoms with van der Waals surface area (Å²) in [4.78, 5) is 4.71. The van der Waals surface area contributed by atoms with Crippen molar-refractivity contribution < 1.29 is 0 Å². The minimum Gasteiger partial charge on any atom is -0.325 e. The van der Waals surface area contributed by atoms with Crippen molar-refractivity contribution in [2.75, 3.05) is 0 Å². The van der Waals surface area contributed by atoms with E-state index in [2.05, 4.69) is 51.5 Å². The lowest BCUT2D eigenvalue weighted by molar-refractivity contribution is 0.960. The van der Waals surface area contributed by atoms with E-state index in [9.17, 15) is 0 Å². The van der Waals surface area contributed by atoms with Crippen molar-refractivity contribution in [3.05, 3.63) is 58.3 Å². The second-order valence-corrected chi connectivity index (χ2v) is 5.47. The van der Waals surface area contributed by atoms with Crippen LogP contribution in [0, 0.1) is 6.92 Å². The van der Waals surface area contributed by atoms with Gasteiger partial charge in [0.15, 0.2) is 0 Å². The average Bonchev–Trinajstić information content (AvgIpc) is 2.77. The third kappa shape index (κ3) is 2.17. The number of halogens is 1. The lowest BCUT2D eigenvalue weighted by atomic mass is 10.1. The Morgan fingerprint density at radius 3 is 2.63 bits per heavy atom. The summed E-state index contributed by atoms with van der Waals surface area (Å²) in [5.41, 5.74) is 11.1. The largest absolute Gasteiger partial charge is 0.325 e. The third-order valence-electron chi connectivity index (χ3n) is 3.19. The molecule has 19 heavy (non-hydrogen) atoms. The smallest absolute Gasteiger partial charge is 0.137 e. The summed E-state index contributed by atoms with van der Waals surface area (Å²) in [6, 6.07) is 12.3. The monoisotopic (exact) mass is 315 g/mol. The molecule has 3 rings (SSSR count). The number of hydrogen-bond acceptors (Lipinski definition) is 2. The fourth-order valence-corrected chi connectivity index (χ4v) is 2.50. The summed E-state index contributed by atoms with van der Waals surface area (Å²) >= 11 is 3.45. The lowest BCUT2D eigenvalue weighted by Crippen LogP contribution is -2.02. The van der Waals surface area contributed by atoms with Crippen LogP contribution in [0.25, 0.3) is 16.9 Å². The predicted molar refractivity (Wildman–Crippen MR) is 81.0 cm³/mol. The van der Waals surface area contributed by atoms with Crippen LogP contribution in [0.4, 0.5) is 0 Å². The highest BCUT2D eigenvalue weighted by Gasteiger charge is 2.12. The highest BCUT2D eigenvalue weighted by atomic mass is 79.9. The Morgan fingerprint density at radius 1 is 1.21 bits per heavy atom. The van der Waals surface area contributed by atoms with Crippen molar-refractivity contribution in [2.24, 2.45) is 5.73 Å². The fourth-order valence-electron chi connectivity index (χ4n) is 2.23. The first kappa shape index (κ1) is 12.4. The number of hydrogen-bond donors (Lipinski definition) is 1. The molecule has 2 heterocycles.